The van der Waals surface area contributed by atoms with Gasteiger partial charge in [-0.15, -0.1) is 10.2 Å². The van der Waals surface area contributed by atoms with Crippen LogP contribution in [-0.2, 0) is 6.42 Å². The van der Waals surface area contributed by atoms with E-state index in [0.717, 1.165) is 47.8 Å². The van der Waals surface area contributed by atoms with Gasteiger partial charge in [0.2, 0.25) is 11.8 Å². The second-order valence-corrected chi connectivity index (χ2v) is 7.34. The first kappa shape index (κ1) is 12.8. The molecule has 1 heterocycles. The van der Waals surface area contributed by atoms with E-state index in [2.05, 4.69) is 22.4 Å². The minimum atomic E-state index is 0.148. The van der Waals surface area contributed by atoms with Gasteiger partial charge in [0, 0.05) is 6.42 Å². The Kier molecular flexibility index (Phi) is 3.09. The topological polar surface area (TPSA) is 51.0 Å². The van der Waals surface area contributed by atoms with Crippen LogP contribution in [0.1, 0.15) is 56.9 Å². The fourth-order valence-corrected chi connectivity index (χ4v) is 5.22. The second-order valence-electron chi connectivity index (χ2n) is 7.34. The van der Waals surface area contributed by atoms with Crippen LogP contribution in [0.25, 0.3) is 0 Å². The van der Waals surface area contributed by atoms with Gasteiger partial charge in [-0.05, 0) is 75.7 Å². The molecule has 1 aromatic heterocycles. The molecule has 0 spiro atoms. The van der Waals surface area contributed by atoms with Crippen molar-refractivity contribution in [2.45, 2.75) is 51.5 Å². The average molecular weight is 275 g/mol. The summed E-state index contributed by atoms with van der Waals surface area (Å²) in [5.41, 5.74) is 0. The van der Waals surface area contributed by atoms with Gasteiger partial charge in [-0.3, -0.25) is 0 Å². The van der Waals surface area contributed by atoms with Gasteiger partial charge in [0.25, 0.3) is 0 Å². The molecule has 0 saturated heterocycles. The van der Waals surface area contributed by atoms with Crippen LogP contribution >= 0.6 is 0 Å². The summed E-state index contributed by atoms with van der Waals surface area (Å²) in [6, 6.07) is 0.148. The molecule has 0 radical (unpaired) electrons. The van der Waals surface area contributed by atoms with Crippen LogP contribution < -0.4 is 5.32 Å². The molecule has 0 aromatic carbocycles. The second kappa shape index (κ2) is 4.83. The maximum Gasteiger partial charge on any atom is 0.233 e. The summed E-state index contributed by atoms with van der Waals surface area (Å²) < 4.78 is 5.86. The lowest BCUT2D eigenvalue weighted by Gasteiger charge is -2.54. The number of nitrogens with zero attached hydrogens (tertiary/aromatic N) is 2. The van der Waals surface area contributed by atoms with Gasteiger partial charge in [-0.25, -0.2) is 0 Å². The summed E-state index contributed by atoms with van der Waals surface area (Å²) in [5, 5.41) is 11.6. The van der Waals surface area contributed by atoms with Gasteiger partial charge in [0.15, 0.2) is 0 Å². The van der Waals surface area contributed by atoms with Crippen molar-refractivity contribution in [2.75, 3.05) is 7.05 Å². The first-order valence-corrected chi connectivity index (χ1v) is 8.22. The first-order chi connectivity index (χ1) is 9.72. The summed E-state index contributed by atoms with van der Waals surface area (Å²) in [4.78, 5) is 0. The molecule has 1 unspecified atom stereocenters. The monoisotopic (exact) mass is 275 g/mol. The standard InChI is InChI=1S/C16H25N3O/c1-9(17-2)16-19-18-15(20-16)8-14-12-4-10-3-11(6-12)7-13(14)5-10/h9-14,17H,3-8H2,1-2H3. The molecule has 5 rings (SSSR count). The third kappa shape index (κ3) is 2.09. The van der Waals surface area contributed by atoms with Crippen LogP contribution in [0.4, 0.5) is 0 Å². The SMILES string of the molecule is CNC(C)c1nnc(CC2C3CC4CC(C3)CC2C4)o1. The Hall–Kier alpha value is -0.900. The molecule has 0 amide bonds. The fraction of sp³-hybridized carbons (Fsp3) is 0.875. The van der Waals surface area contributed by atoms with E-state index >= 15 is 0 Å². The molecular formula is C16H25N3O. The predicted molar refractivity (Wildman–Crippen MR) is 76.0 cm³/mol. The number of rotatable bonds is 4. The summed E-state index contributed by atoms with van der Waals surface area (Å²) in [6.45, 7) is 2.06. The minimum absolute atomic E-state index is 0.148. The van der Waals surface area contributed by atoms with E-state index < -0.39 is 0 Å². The van der Waals surface area contributed by atoms with Gasteiger partial charge < -0.3 is 9.73 Å². The molecule has 4 saturated carbocycles. The number of hydrogen-bond acceptors (Lipinski definition) is 4. The van der Waals surface area contributed by atoms with Crippen molar-refractivity contribution in [3.05, 3.63) is 11.8 Å². The lowest BCUT2D eigenvalue weighted by atomic mass is 9.51. The molecule has 4 bridgehead atoms. The van der Waals surface area contributed by atoms with Gasteiger partial charge in [0.1, 0.15) is 0 Å². The largest absolute Gasteiger partial charge is 0.424 e. The van der Waals surface area contributed by atoms with E-state index in [4.69, 9.17) is 4.42 Å². The molecule has 1 atom stereocenters. The summed E-state index contributed by atoms with van der Waals surface area (Å²) in [6.07, 6.45) is 8.39. The Morgan fingerprint density at radius 1 is 1.10 bits per heavy atom. The smallest absolute Gasteiger partial charge is 0.233 e. The Balaban J connectivity index is 1.48. The van der Waals surface area contributed by atoms with E-state index in [9.17, 15) is 0 Å². The summed E-state index contributed by atoms with van der Waals surface area (Å²) >= 11 is 0. The van der Waals surface area contributed by atoms with E-state index in [1.807, 2.05) is 7.05 Å². The normalized spacial score (nSPS) is 40.2. The van der Waals surface area contributed by atoms with Crippen molar-refractivity contribution in [3.8, 4) is 0 Å². The van der Waals surface area contributed by atoms with Crippen LogP contribution in [-0.4, -0.2) is 17.2 Å². The summed E-state index contributed by atoms with van der Waals surface area (Å²) in [5.74, 6) is 6.34. The highest BCUT2D eigenvalue weighted by atomic mass is 16.4. The zero-order valence-electron chi connectivity index (χ0n) is 12.5. The molecular weight excluding hydrogens is 250 g/mol. The highest BCUT2D eigenvalue weighted by molar-refractivity contribution is 5.01. The van der Waals surface area contributed by atoms with E-state index in [1.54, 1.807) is 0 Å². The Morgan fingerprint density at radius 3 is 2.35 bits per heavy atom. The molecule has 4 heteroatoms. The van der Waals surface area contributed by atoms with Crippen LogP contribution in [0, 0.1) is 29.6 Å². The maximum atomic E-state index is 5.86. The van der Waals surface area contributed by atoms with Crippen LogP contribution in [0.2, 0.25) is 0 Å². The Morgan fingerprint density at radius 2 is 1.75 bits per heavy atom. The summed E-state index contributed by atoms with van der Waals surface area (Å²) in [7, 11) is 1.92. The zero-order valence-corrected chi connectivity index (χ0v) is 12.5. The van der Waals surface area contributed by atoms with Crippen LogP contribution in [0.15, 0.2) is 4.42 Å². The quantitative estimate of drug-likeness (QED) is 0.918. The maximum absolute atomic E-state index is 5.86. The minimum Gasteiger partial charge on any atom is -0.424 e. The van der Waals surface area contributed by atoms with Crippen molar-refractivity contribution in [1.29, 1.82) is 0 Å². The van der Waals surface area contributed by atoms with Gasteiger partial charge in [-0.1, -0.05) is 0 Å². The molecule has 1 aromatic rings. The molecule has 4 aliphatic rings. The Bertz CT molecular complexity index is 456. The number of nitrogens with one attached hydrogen (secondary N) is 1. The Labute approximate surface area is 120 Å². The third-order valence-electron chi connectivity index (χ3n) is 6.12. The lowest BCUT2D eigenvalue weighted by Crippen LogP contribution is -2.45. The third-order valence-corrected chi connectivity index (χ3v) is 6.12. The van der Waals surface area contributed by atoms with Crippen molar-refractivity contribution in [1.82, 2.24) is 15.5 Å². The molecule has 110 valence electrons. The predicted octanol–water partition coefficient (Wildman–Crippen LogP) is 2.96. The van der Waals surface area contributed by atoms with Gasteiger partial charge >= 0.3 is 0 Å². The fourth-order valence-electron chi connectivity index (χ4n) is 5.22. The average Bonchev–Trinajstić information content (AvgIpc) is 2.90. The van der Waals surface area contributed by atoms with Crippen LogP contribution in [0.3, 0.4) is 0 Å². The van der Waals surface area contributed by atoms with Crippen molar-refractivity contribution in [2.24, 2.45) is 29.6 Å². The molecule has 20 heavy (non-hydrogen) atoms. The molecule has 1 N–H and O–H groups in total. The zero-order chi connectivity index (χ0) is 13.7. The molecule has 0 aliphatic heterocycles. The highest BCUT2D eigenvalue weighted by Gasteiger charge is 2.48. The number of aromatic nitrogens is 2. The van der Waals surface area contributed by atoms with Crippen molar-refractivity contribution >= 4 is 0 Å². The van der Waals surface area contributed by atoms with Gasteiger partial charge in [-0.2, -0.15) is 0 Å². The van der Waals surface area contributed by atoms with E-state index in [0.29, 0.717) is 0 Å². The molecule has 4 nitrogen and oxygen atoms in total. The van der Waals surface area contributed by atoms with E-state index in [-0.39, 0.29) is 6.04 Å². The molecule has 4 aliphatic carbocycles. The van der Waals surface area contributed by atoms with Gasteiger partial charge in [0.05, 0.1) is 6.04 Å². The number of hydrogen-bond donors (Lipinski definition) is 1. The molecule has 4 fully saturated rings. The van der Waals surface area contributed by atoms with Crippen molar-refractivity contribution < 1.29 is 4.42 Å². The van der Waals surface area contributed by atoms with Crippen LogP contribution in [0.5, 0.6) is 0 Å². The van der Waals surface area contributed by atoms with E-state index in [1.165, 1.54) is 32.1 Å². The van der Waals surface area contributed by atoms with Crippen molar-refractivity contribution in [3.63, 3.8) is 0 Å². The first-order valence-electron chi connectivity index (χ1n) is 8.22. The lowest BCUT2D eigenvalue weighted by molar-refractivity contribution is -0.0382. The highest BCUT2D eigenvalue weighted by Crippen LogP contribution is 2.57.